The number of benzene rings is 3. The molecule has 0 N–H and O–H groups in total. The van der Waals surface area contributed by atoms with E-state index in [2.05, 4.69) is 35.1 Å². The van der Waals surface area contributed by atoms with Gasteiger partial charge in [-0.25, -0.2) is 0 Å². The van der Waals surface area contributed by atoms with Gasteiger partial charge in [0.15, 0.2) is 0 Å². The van der Waals surface area contributed by atoms with Gasteiger partial charge in [-0.15, -0.1) is 17.0 Å². The van der Waals surface area contributed by atoms with Crippen molar-refractivity contribution in [3.05, 3.63) is 111 Å². The van der Waals surface area contributed by atoms with Crippen molar-refractivity contribution < 1.29 is 9.47 Å². The summed E-state index contributed by atoms with van der Waals surface area (Å²) >= 11 is 25.5. The first-order chi connectivity index (χ1) is 17.4. The lowest BCUT2D eigenvalue weighted by atomic mass is 10.1. The highest BCUT2D eigenvalue weighted by Crippen LogP contribution is 2.33. The topological polar surface area (TPSA) is 24.9 Å². The maximum Gasteiger partial charge on any atom is 0.135 e. The molecular formula is C28H29BrCl4N2O2. The van der Waals surface area contributed by atoms with E-state index in [1.54, 1.807) is 12.1 Å². The van der Waals surface area contributed by atoms with Gasteiger partial charge in [0, 0.05) is 34.0 Å². The van der Waals surface area contributed by atoms with E-state index >= 15 is 0 Å². The summed E-state index contributed by atoms with van der Waals surface area (Å²) in [4.78, 5) is 4.27. The zero-order valence-corrected chi connectivity index (χ0v) is 25.1. The van der Waals surface area contributed by atoms with Crippen LogP contribution in [0.3, 0.4) is 0 Å². The van der Waals surface area contributed by atoms with E-state index < -0.39 is 11.6 Å². The molecule has 2 atom stereocenters. The number of aryl methyl sites for hydroxylation is 1. The normalized spacial score (nSPS) is 14.4. The summed E-state index contributed by atoms with van der Waals surface area (Å²) in [6, 6.07) is 21.0. The van der Waals surface area contributed by atoms with E-state index in [1.165, 1.54) is 5.56 Å². The Morgan fingerprint density at radius 1 is 0.892 bits per heavy atom. The number of nitrogens with zero attached hydrogens (tertiary/aromatic N) is 2. The number of hydrogen-bond donors (Lipinski definition) is 0. The zero-order valence-electron chi connectivity index (χ0n) is 20.3. The van der Waals surface area contributed by atoms with Crippen LogP contribution in [0.15, 0.2) is 79.1 Å². The van der Waals surface area contributed by atoms with Crippen LogP contribution in [0.2, 0.25) is 15.1 Å². The van der Waals surface area contributed by atoms with Gasteiger partial charge >= 0.3 is 0 Å². The van der Waals surface area contributed by atoms with E-state index in [0.29, 0.717) is 35.0 Å². The molecule has 4 rings (SSSR count). The molecule has 0 amide bonds. The van der Waals surface area contributed by atoms with Gasteiger partial charge in [0.25, 0.3) is 0 Å². The van der Waals surface area contributed by atoms with Crippen LogP contribution >= 0.6 is 63.4 Å². The third-order valence-corrected chi connectivity index (χ3v) is 7.21. The molecule has 0 spiro atoms. The molecule has 0 aliphatic carbocycles. The smallest absolute Gasteiger partial charge is 0.135 e. The average Bonchev–Trinajstić information content (AvgIpc) is 3.34. The van der Waals surface area contributed by atoms with Gasteiger partial charge in [0.1, 0.15) is 17.4 Å². The van der Waals surface area contributed by atoms with Gasteiger partial charge in [-0.3, -0.25) is 0 Å². The maximum absolute atomic E-state index is 6.99. The van der Waals surface area contributed by atoms with Crippen LogP contribution < -0.4 is 4.74 Å². The van der Waals surface area contributed by atoms with Crippen LogP contribution in [0.4, 0.5) is 0 Å². The Hall–Kier alpha value is -1.60. The van der Waals surface area contributed by atoms with Crippen molar-refractivity contribution in [3.63, 3.8) is 0 Å². The van der Waals surface area contributed by atoms with E-state index in [1.807, 2.05) is 48.7 Å². The van der Waals surface area contributed by atoms with Crippen LogP contribution in [0.25, 0.3) is 0 Å². The van der Waals surface area contributed by atoms with Gasteiger partial charge < -0.3 is 19.3 Å². The fourth-order valence-electron chi connectivity index (χ4n) is 3.86. The molecule has 37 heavy (non-hydrogen) atoms. The molecule has 0 saturated carbocycles. The fourth-order valence-corrected chi connectivity index (χ4v) is 4.79. The Morgan fingerprint density at radius 3 is 2.30 bits per heavy atom. The van der Waals surface area contributed by atoms with Gasteiger partial charge in [-0.05, 0) is 60.9 Å². The minimum absolute atomic E-state index is 0. The molecule has 3 aromatic rings. The SMILES string of the molecule is Br.Cc1ccc(OCCCN2C=CN(C(Cl)C(OCc3ccc(Cl)cc3Cl)c3ccc(Cl)cc3)C2)cc1. The standard InChI is InChI=1S/C28H28Cl4N2O2.BrH/c1-20-3-11-25(12-4-20)35-16-2-13-33-14-15-34(19-33)28(32)27(21-5-8-23(29)9-6-21)36-18-22-7-10-24(30)17-26(22)31;/h3-12,14-15,17,27-28H,2,13,16,18-19H2,1H3;1H. The van der Waals surface area contributed by atoms with E-state index in [9.17, 15) is 0 Å². The Morgan fingerprint density at radius 2 is 1.59 bits per heavy atom. The molecule has 0 fully saturated rings. The number of halogens is 5. The quantitative estimate of drug-likeness (QED) is 0.118. The summed E-state index contributed by atoms with van der Waals surface area (Å²) in [5, 5.41) is 1.80. The van der Waals surface area contributed by atoms with Crippen molar-refractivity contribution in [2.24, 2.45) is 0 Å². The van der Waals surface area contributed by atoms with Crippen LogP contribution in [-0.2, 0) is 11.3 Å². The summed E-state index contributed by atoms with van der Waals surface area (Å²) in [6.45, 7) is 4.53. The first-order valence-corrected chi connectivity index (χ1v) is 13.3. The van der Waals surface area contributed by atoms with Crippen LogP contribution in [0.1, 0.15) is 29.2 Å². The second-order valence-electron chi connectivity index (χ2n) is 8.67. The number of rotatable bonds is 11. The second kappa shape index (κ2) is 14.5. The lowest BCUT2D eigenvalue weighted by Gasteiger charge is -2.31. The number of ether oxygens (including phenoxy) is 2. The van der Waals surface area contributed by atoms with Crippen molar-refractivity contribution >= 4 is 63.4 Å². The summed E-state index contributed by atoms with van der Waals surface area (Å²) < 4.78 is 12.2. The highest BCUT2D eigenvalue weighted by atomic mass is 79.9. The molecule has 0 bridgehead atoms. The van der Waals surface area contributed by atoms with E-state index in [-0.39, 0.29) is 17.0 Å². The summed E-state index contributed by atoms with van der Waals surface area (Å²) in [6.07, 6.45) is 4.53. The molecule has 2 unspecified atom stereocenters. The Bertz CT molecular complexity index is 1160. The Kier molecular flexibility index (Phi) is 11.8. The number of alkyl halides is 1. The lowest BCUT2D eigenvalue weighted by molar-refractivity contribution is 0.00672. The Balaban J connectivity index is 0.00000380. The van der Waals surface area contributed by atoms with Crippen molar-refractivity contribution in [1.29, 1.82) is 0 Å². The van der Waals surface area contributed by atoms with Crippen molar-refractivity contribution in [2.75, 3.05) is 19.8 Å². The summed E-state index contributed by atoms with van der Waals surface area (Å²) in [5.41, 5.74) is 2.55. The van der Waals surface area contributed by atoms with Crippen LogP contribution in [0, 0.1) is 6.92 Å². The molecule has 3 aromatic carbocycles. The van der Waals surface area contributed by atoms with E-state index in [0.717, 1.165) is 29.8 Å². The lowest BCUT2D eigenvalue weighted by Crippen LogP contribution is -2.36. The minimum Gasteiger partial charge on any atom is -0.494 e. The largest absolute Gasteiger partial charge is 0.494 e. The molecule has 0 saturated heterocycles. The van der Waals surface area contributed by atoms with Crippen LogP contribution in [-0.4, -0.2) is 35.1 Å². The summed E-state index contributed by atoms with van der Waals surface area (Å²) in [7, 11) is 0. The van der Waals surface area contributed by atoms with Gasteiger partial charge in [0.2, 0.25) is 0 Å². The van der Waals surface area contributed by atoms with Gasteiger partial charge in [-0.1, -0.05) is 82.3 Å². The Labute approximate surface area is 249 Å². The highest BCUT2D eigenvalue weighted by molar-refractivity contribution is 8.93. The molecule has 0 radical (unpaired) electrons. The molecule has 9 heteroatoms. The fraction of sp³-hybridized carbons (Fsp3) is 0.286. The summed E-state index contributed by atoms with van der Waals surface area (Å²) in [5.74, 6) is 0.892. The zero-order chi connectivity index (χ0) is 25.5. The third-order valence-electron chi connectivity index (χ3n) is 5.89. The van der Waals surface area contributed by atoms with Gasteiger partial charge in [-0.2, -0.15) is 0 Å². The molecule has 4 nitrogen and oxygen atoms in total. The third kappa shape index (κ3) is 8.71. The molecular weight excluding hydrogens is 618 g/mol. The predicted octanol–water partition coefficient (Wildman–Crippen LogP) is 8.87. The minimum atomic E-state index is -0.442. The average molecular weight is 647 g/mol. The van der Waals surface area contributed by atoms with Gasteiger partial charge in [0.05, 0.1) is 19.9 Å². The van der Waals surface area contributed by atoms with Crippen LogP contribution in [0.5, 0.6) is 5.75 Å². The molecule has 1 aliphatic heterocycles. The molecule has 1 aliphatic rings. The first-order valence-electron chi connectivity index (χ1n) is 11.7. The maximum atomic E-state index is 6.99. The highest BCUT2D eigenvalue weighted by Gasteiger charge is 2.29. The van der Waals surface area contributed by atoms with Crippen molar-refractivity contribution in [1.82, 2.24) is 9.80 Å². The first kappa shape index (κ1) is 29.9. The van der Waals surface area contributed by atoms with Crippen molar-refractivity contribution in [2.45, 2.75) is 31.6 Å². The number of hydrogen-bond acceptors (Lipinski definition) is 4. The molecule has 0 aromatic heterocycles. The van der Waals surface area contributed by atoms with Crippen molar-refractivity contribution in [3.8, 4) is 5.75 Å². The molecule has 1 heterocycles. The monoisotopic (exact) mass is 644 g/mol. The predicted molar refractivity (Wildman–Crippen MR) is 159 cm³/mol. The molecule has 198 valence electrons. The second-order valence-corrected chi connectivity index (χ2v) is 10.4. The van der Waals surface area contributed by atoms with E-state index in [4.69, 9.17) is 55.9 Å².